The number of fused-ring (bicyclic) bond motifs is 1. The molecule has 0 atom stereocenters. The quantitative estimate of drug-likeness (QED) is 0.650. The van der Waals surface area contributed by atoms with Gasteiger partial charge >= 0.3 is 5.63 Å². The van der Waals surface area contributed by atoms with Crippen LogP contribution in [0.4, 0.5) is 5.69 Å². The van der Waals surface area contributed by atoms with Crippen LogP contribution >= 0.6 is 0 Å². The molecule has 3 aromatic rings. The third-order valence-corrected chi connectivity index (χ3v) is 4.39. The van der Waals surface area contributed by atoms with E-state index in [2.05, 4.69) is 0 Å². The Balaban J connectivity index is 2.02. The van der Waals surface area contributed by atoms with Crippen molar-refractivity contribution < 1.29 is 13.9 Å². The van der Waals surface area contributed by atoms with Crippen LogP contribution in [0.3, 0.4) is 0 Å². The fraction of sp³-hybridized carbons (Fsp3) is 0.238. The number of nitrogens with two attached hydrogens (primary N) is 1. The van der Waals surface area contributed by atoms with Crippen molar-refractivity contribution >= 4 is 22.6 Å². The summed E-state index contributed by atoms with van der Waals surface area (Å²) in [7, 11) is 1.56. The van der Waals surface area contributed by atoms with Crippen molar-refractivity contribution in [3.63, 3.8) is 0 Å². The molecule has 3 rings (SSSR count). The lowest BCUT2D eigenvalue weighted by Crippen LogP contribution is -2.28. The SMILES string of the molecule is COc1ccc2c(CN(CCC(N)=O)c3cccc(C)c3)cc(=O)oc2c1. The predicted octanol–water partition coefficient (Wildman–Crippen LogP) is 2.99. The second-order valence-electron chi connectivity index (χ2n) is 6.43. The molecule has 2 N–H and O–H groups in total. The molecule has 0 aliphatic carbocycles. The lowest BCUT2D eigenvalue weighted by atomic mass is 10.1. The van der Waals surface area contributed by atoms with Gasteiger partial charge in [-0.25, -0.2) is 4.79 Å². The monoisotopic (exact) mass is 366 g/mol. The van der Waals surface area contributed by atoms with E-state index in [0.29, 0.717) is 24.4 Å². The summed E-state index contributed by atoms with van der Waals surface area (Å²) in [4.78, 5) is 25.4. The van der Waals surface area contributed by atoms with E-state index in [1.165, 1.54) is 6.07 Å². The molecule has 0 saturated carbocycles. The van der Waals surface area contributed by atoms with E-state index in [4.69, 9.17) is 14.9 Å². The lowest BCUT2D eigenvalue weighted by Gasteiger charge is -2.25. The standard InChI is InChI=1S/C21H22N2O4/c1-14-4-3-5-16(10-14)23(9-8-20(22)24)13-15-11-21(25)27-19-12-17(26-2)6-7-18(15)19/h3-7,10-12H,8-9,13H2,1-2H3,(H2,22,24). The third-order valence-electron chi connectivity index (χ3n) is 4.39. The van der Waals surface area contributed by atoms with Gasteiger partial charge < -0.3 is 19.8 Å². The Kier molecular flexibility index (Phi) is 5.45. The van der Waals surface area contributed by atoms with Gasteiger partial charge in [-0.15, -0.1) is 0 Å². The summed E-state index contributed by atoms with van der Waals surface area (Å²) in [5, 5.41) is 0.826. The number of hydrogen-bond donors (Lipinski definition) is 1. The van der Waals surface area contributed by atoms with E-state index in [1.54, 1.807) is 13.2 Å². The van der Waals surface area contributed by atoms with Crippen LogP contribution in [0, 0.1) is 6.92 Å². The Bertz CT molecular complexity index is 1030. The van der Waals surface area contributed by atoms with E-state index in [0.717, 1.165) is 22.2 Å². The number of rotatable bonds is 7. The second kappa shape index (κ2) is 7.95. The predicted molar refractivity (Wildman–Crippen MR) is 105 cm³/mol. The van der Waals surface area contributed by atoms with Crippen molar-refractivity contribution in [2.24, 2.45) is 5.73 Å². The second-order valence-corrected chi connectivity index (χ2v) is 6.43. The number of ether oxygens (including phenoxy) is 1. The molecule has 0 saturated heterocycles. The molecule has 1 aromatic heterocycles. The molecule has 0 aliphatic heterocycles. The van der Waals surface area contributed by atoms with E-state index >= 15 is 0 Å². The fourth-order valence-corrected chi connectivity index (χ4v) is 3.04. The number of benzene rings is 2. The molecule has 2 aromatic carbocycles. The van der Waals surface area contributed by atoms with Gasteiger partial charge in [-0.2, -0.15) is 0 Å². The van der Waals surface area contributed by atoms with Gasteiger partial charge in [-0.3, -0.25) is 4.79 Å². The number of hydrogen-bond acceptors (Lipinski definition) is 5. The first-order valence-corrected chi connectivity index (χ1v) is 8.67. The van der Waals surface area contributed by atoms with Crippen LogP contribution < -0.4 is 21.0 Å². The summed E-state index contributed by atoms with van der Waals surface area (Å²) >= 11 is 0. The number of primary amides is 1. The first kappa shape index (κ1) is 18.5. The molecule has 1 amide bonds. The Labute approximate surface area is 157 Å². The van der Waals surface area contributed by atoms with Gasteiger partial charge in [0.05, 0.1) is 7.11 Å². The molecule has 0 unspecified atom stereocenters. The number of carbonyl (C=O) groups is 1. The largest absolute Gasteiger partial charge is 0.497 e. The topological polar surface area (TPSA) is 85.8 Å². The van der Waals surface area contributed by atoms with Crippen molar-refractivity contribution in [1.82, 2.24) is 0 Å². The lowest BCUT2D eigenvalue weighted by molar-refractivity contribution is -0.117. The summed E-state index contributed by atoms with van der Waals surface area (Å²) in [6, 6.07) is 14.9. The highest BCUT2D eigenvalue weighted by Gasteiger charge is 2.13. The van der Waals surface area contributed by atoms with E-state index < -0.39 is 5.63 Å². The van der Waals surface area contributed by atoms with Gasteiger partial charge in [0.25, 0.3) is 0 Å². The minimum absolute atomic E-state index is 0.223. The van der Waals surface area contributed by atoms with Crippen molar-refractivity contribution in [3.05, 3.63) is 70.1 Å². The average Bonchev–Trinajstić information content (AvgIpc) is 2.64. The van der Waals surface area contributed by atoms with Crippen LogP contribution in [0.5, 0.6) is 5.75 Å². The number of aryl methyl sites for hydroxylation is 1. The molecule has 1 heterocycles. The molecule has 140 valence electrons. The summed E-state index contributed by atoms with van der Waals surface area (Å²) in [6.07, 6.45) is 0.223. The smallest absolute Gasteiger partial charge is 0.336 e. The Morgan fingerprint density at radius 1 is 1.19 bits per heavy atom. The highest BCUT2D eigenvalue weighted by atomic mass is 16.5. The zero-order valence-electron chi connectivity index (χ0n) is 15.4. The Morgan fingerprint density at radius 2 is 2.00 bits per heavy atom. The van der Waals surface area contributed by atoms with Crippen LogP contribution in [-0.4, -0.2) is 19.6 Å². The van der Waals surface area contributed by atoms with Gasteiger partial charge in [0, 0.05) is 42.7 Å². The molecular weight excluding hydrogens is 344 g/mol. The van der Waals surface area contributed by atoms with E-state index in [-0.39, 0.29) is 12.3 Å². The zero-order valence-corrected chi connectivity index (χ0v) is 15.4. The number of nitrogens with zero attached hydrogens (tertiary/aromatic N) is 1. The number of anilines is 1. The average molecular weight is 366 g/mol. The normalized spacial score (nSPS) is 10.7. The number of carbonyl (C=O) groups excluding carboxylic acids is 1. The van der Waals surface area contributed by atoms with Gasteiger partial charge in [-0.1, -0.05) is 12.1 Å². The van der Waals surface area contributed by atoms with E-state index in [9.17, 15) is 9.59 Å². The van der Waals surface area contributed by atoms with Gasteiger partial charge in [-0.05, 0) is 42.3 Å². The molecule has 0 bridgehead atoms. The molecule has 6 nitrogen and oxygen atoms in total. The first-order valence-electron chi connectivity index (χ1n) is 8.67. The van der Waals surface area contributed by atoms with Gasteiger partial charge in [0.15, 0.2) is 0 Å². The van der Waals surface area contributed by atoms with Gasteiger partial charge in [0.2, 0.25) is 5.91 Å². The van der Waals surface area contributed by atoms with E-state index in [1.807, 2.05) is 48.2 Å². The highest BCUT2D eigenvalue weighted by Crippen LogP contribution is 2.25. The molecule has 0 aliphatic rings. The summed E-state index contributed by atoms with van der Waals surface area (Å²) < 4.78 is 10.5. The van der Waals surface area contributed by atoms with Crippen LogP contribution in [0.15, 0.2) is 57.7 Å². The van der Waals surface area contributed by atoms with Crippen molar-refractivity contribution in [2.75, 3.05) is 18.6 Å². The van der Waals surface area contributed by atoms with Crippen molar-refractivity contribution in [1.29, 1.82) is 0 Å². The molecule has 27 heavy (non-hydrogen) atoms. The Morgan fingerprint density at radius 3 is 2.70 bits per heavy atom. The summed E-state index contributed by atoms with van der Waals surface area (Å²) in [6.45, 7) is 2.91. The maximum Gasteiger partial charge on any atom is 0.336 e. The minimum Gasteiger partial charge on any atom is -0.497 e. The maximum atomic E-state index is 12.0. The zero-order chi connectivity index (χ0) is 19.4. The molecule has 6 heteroatoms. The number of methoxy groups -OCH3 is 1. The first-order chi connectivity index (χ1) is 13.0. The fourth-order valence-electron chi connectivity index (χ4n) is 3.04. The summed E-state index contributed by atoms with van der Waals surface area (Å²) in [5.41, 5.74) is 8.28. The van der Waals surface area contributed by atoms with Crippen molar-refractivity contribution in [2.45, 2.75) is 19.9 Å². The van der Waals surface area contributed by atoms with Crippen LogP contribution in [0.25, 0.3) is 11.0 Å². The van der Waals surface area contributed by atoms with Crippen LogP contribution in [-0.2, 0) is 11.3 Å². The minimum atomic E-state index is -0.426. The van der Waals surface area contributed by atoms with Gasteiger partial charge in [0.1, 0.15) is 11.3 Å². The van der Waals surface area contributed by atoms with Crippen LogP contribution in [0.1, 0.15) is 17.5 Å². The Hall–Kier alpha value is -3.28. The molecule has 0 spiro atoms. The highest BCUT2D eigenvalue weighted by molar-refractivity contribution is 5.82. The number of amides is 1. The van der Waals surface area contributed by atoms with Crippen LogP contribution in [0.2, 0.25) is 0 Å². The third kappa shape index (κ3) is 4.47. The molecule has 0 fully saturated rings. The molecule has 0 radical (unpaired) electrons. The van der Waals surface area contributed by atoms with Crippen molar-refractivity contribution in [3.8, 4) is 5.75 Å². The molecular formula is C21H22N2O4. The summed E-state index contributed by atoms with van der Waals surface area (Å²) in [5.74, 6) is 0.252. The maximum absolute atomic E-state index is 12.0.